The Morgan fingerprint density at radius 3 is 2.32 bits per heavy atom. The highest BCUT2D eigenvalue weighted by Crippen LogP contribution is 2.31. The molecule has 5 nitrogen and oxygen atoms in total. The molecule has 0 aliphatic heterocycles. The molecule has 104 valence electrons. The first-order valence-electron chi connectivity index (χ1n) is 6.34. The molecular weight excluding hydrogens is 264 g/mol. The number of carbonyl (C=O) groups excluding carboxylic acids is 1. The van der Waals surface area contributed by atoms with E-state index in [9.17, 15) is 13.2 Å². The van der Waals surface area contributed by atoms with Crippen molar-refractivity contribution in [3.05, 3.63) is 29.8 Å². The Kier molecular flexibility index (Phi) is 3.91. The van der Waals surface area contributed by atoms with Crippen molar-refractivity contribution in [3.8, 4) is 0 Å². The molecule has 0 radical (unpaired) electrons. The quantitative estimate of drug-likeness (QED) is 0.883. The number of hydrogen-bond donors (Lipinski definition) is 1. The van der Waals surface area contributed by atoms with Crippen LogP contribution in [-0.2, 0) is 10.0 Å². The maximum absolute atomic E-state index is 12.4. The molecule has 1 amide bonds. The molecule has 0 atom stereocenters. The highest BCUT2D eigenvalue weighted by atomic mass is 32.2. The number of nitrogens with one attached hydrogen (secondary N) is 1. The highest BCUT2D eigenvalue weighted by molar-refractivity contribution is 7.89. The largest absolute Gasteiger partial charge is 0.355 e. The van der Waals surface area contributed by atoms with Gasteiger partial charge in [-0.15, -0.1) is 0 Å². The van der Waals surface area contributed by atoms with E-state index in [1.54, 1.807) is 7.05 Å². The summed E-state index contributed by atoms with van der Waals surface area (Å²) in [5, 5.41) is 2.50. The molecule has 0 heterocycles. The van der Waals surface area contributed by atoms with Crippen LogP contribution in [0.5, 0.6) is 0 Å². The number of hydrogen-bond acceptors (Lipinski definition) is 3. The average molecular weight is 282 g/mol. The molecule has 1 N–H and O–H groups in total. The second kappa shape index (κ2) is 5.30. The molecule has 1 saturated carbocycles. The molecule has 6 heteroatoms. The number of rotatable bonds is 5. The lowest BCUT2D eigenvalue weighted by atomic mass is 10.2. The Morgan fingerprint density at radius 1 is 1.32 bits per heavy atom. The van der Waals surface area contributed by atoms with Crippen molar-refractivity contribution < 1.29 is 13.2 Å². The van der Waals surface area contributed by atoms with Crippen molar-refractivity contribution in [2.75, 3.05) is 13.6 Å². The summed E-state index contributed by atoms with van der Waals surface area (Å²) in [4.78, 5) is 11.7. The van der Waals surface area contributed by atoms with Gasteiger partial charge in [-0.1, -0.05) is 6.92 Å². The first-order chi connectivity index (χ1) is 9.00. The topological polar surface area (TPSA) is 66.5 Å². The molecule has 1 aliphatic rings. The van der Waals surface area contributed by atoms with Crippen LogP contribution in [0.15, 0.2) is 29.2 Å². The maximum Gasteiger partial charge on any atom is 0.251 e. The van der Waals surface area contributed by atoms with Crippen LogP contribution in [0, 0.1) is 0 Å². The highest BCUT2D eigenvalue weighted by Gasteiger charge is 2.36. The summed E-state index contributed by atoms with van der Waals surface area (Å²) in [5.41, 5.74) is 0.455. The molecule has 1 aromatic carbocycles. The van der Waals surface area contributed by atoms with Gasteiger partial charge in [0.2, 0.25) is 10.0 Å². The smallest absolute Gasteiger partial charge is 0.251 e. The summed E-state index contributed by atoms with van der Waals surface area (Å²) in [6.07, 6.45) is 1.87. The monoisotopic (exact) mass is 282 g/mol. The summed E-state index contributed by atoms with van der Waals surface area (Å²) in [5.74, 6) is -0.224. The summed E-state index contributed by atoms with van der Waals surface area (Å²) in [7, 11) is -1.89. The van der Waals surface area contributed by atoms with Crippen molar-refractivity contribution in [3.63, 3.8) is 0 Å². The van der Waals surface area contributed by atoms with Crippen LogP contribution in [0.1, 0.15) is 30.1 Å². The number of sulfonamides is 1. The van der Waals surface area contributed by atoms with Crippen LogP contribution >= 0.6 is 0 Å². The van der Waals surface area contributed by atoms with E-state index in [1.165, 1.54) is 28.6 Å². The number of carbonyl (C=O) groups is 1. The normalized spacial score (nSPS) is 15.5. The Morgan fingerprint density at radius 2 is 1.89 bits per heavy atom. The zero-order chi connectivity index (χ0) is 14.0. The van der Waals surface area contributed by atoms with Gasteiger partial charge in [-0.25, -0.2) is 8.42 Å². The van der Waals surface area contributed by atoms with Crippen LogP contribution in [0.2, 0.25) is 0 Å². The average Bonchev–Trinajstić information content (AvgIpc) is 3.23. The SMILES string of the molecule is CCN(C1CC1)S(=O)(=O)c1ccc(C(=O)NC)cc1. The van der Waals surface area contributed by atoms with Gasteiger partial charge in [0.05, 0.1) is 4.90 Å². The fourth-order valence-corrected chi connectivity index (χ4v) is 3.74. The minimum absolute atomic E-state index is 0.147. The lowest BCUT2D eigenvalue weighted by Gasteiger charge is -2.19. The van der Waals surface area contributed by atoms with Crippen LogP contribution in [0.3, 0.4) is 0 Å². The van der Waals surface area contributed by atoms with Crippen molar-refractivity contribution in [2.45, 2.75) is 30.7 Å². The molecule has 0 unspecified atom stereocenters. The number of benzene rings is 1. The van der Waals surface area contributed by atoms with Crippen LogP contribution in [-0.4, -0.2) is 38.3 Å². The van der Waals surface area contributed by atoms with Crippen LogP contribution in [0.4, 0.5) is 0 Å². The van der Waals surface area contributed by atoms with E-state index >= 15 is 0 Å². The van der Waals surface area contributed by atoms with E-state index in [2.05, 4.69) is 5.32 Å². The number of amides is 1. The van der Waals surface area contributed by atoms with Crippen molar-refractivity contribution in [2.24, 2.45) is 0 Å². The molecular formula is C13H18N2O3S. The van der Waals surface area contributed by atoms with Gasteiger partial charge >= 0.3 is 0 Å². The van der Waals surface area contributed by atoms with Gasteiger partial charge in [0.15, 0.2) is 0 Å². The molecule has 0 spiro atoms. The molecule has 0 bridgehead atoms. The predicted molar refractivity (Wildman–Crippen MR) is 72.4 cm³/mol. The molecule has 19 heavy (non-hydrogen) atoms. The first-order valence-corrected chi connectivity index (χ1v) is 7.78. The molecule has 1 aliphatic carbocycles. The van der Waals surface area contributed by atoms with Gasteiger partial charge in [0.1, 0.15) is 0 Å². The zero-order valence-corrected chi connectivity index (χ0v) is 11.9. The van der Waals surface area contributed by atoms with Crippen LogP contribution in [0.25, 0.3) is 0 Å². The Hall–Kier alpha value is -1.40. The fraction of sp³-hybridized carbons (Fsp3) is 0.462. The van der Waals surface area contributed by atoms with Gasteiger partial charge in [-0.2, -0.15) is 4.31 Å². The van der Waals surface area contributed by atoms with E-state index in [0.29, 0.717) is 12.1 Å². The molecule has 1 aromatic rings. The summed E-state index contributed by atoms with van der Waals surface area (Å²) >= 11 is 0. The van der Waals surface area contributed by atoms with Gasteiger partial charge < -0.3 is 5.32 Å². The van der Waals surface area contributed by atoms with Crippen LogP contribution < -0.4 is 5.32 Å². The minimum atomic E-state index is -3.44. The van der Waals surface area contributed by atoms with E-state index in [0.717, 1.165) is 12.8 Å². The fourth-order valence-electron chi connectivity index (χ4n) is 2.04. The third kappa shape index (κ3) is 2.79. The van der Waals surface area contributed by atoms with Gasteiger partial charge in [-0.05, 0) is 37.1 Å². The molecule has 0 saturated heterocycles. The van der Waals surface area contributed by atoms with Gasteiger partial charge in [-0.3, -0.25) is 4.79 Å². The van der Waals surface area contributed by atoms with Crippen molar-refractivity contribution in [1.82, 2.24) is 9.62 Å². The first kappa shape index (κ1) is 14.0. The van der Waals surface area contributed by atoms with Crippen molar-refractivity contribution in [1.29, 1.82) is 0 Å². The third-order valence-corrected chi connectivity index (χ3v) is 5.26. The van der Waals surface area contributed by atoms with Crippen molar-refractivity contribution >= 4 is 15.9 Å². The standard InChI is InChI=1S/C13H18N2O3S/c1-3-15(11-6-7-11)19(17,18)12-8-4-10(5-9-12)13(16)14-2/h4-5,8-9,11H,3,6-7H2,1-2H3,(H,14,16). The summed E-state index contributed by atoms with van der Waals surface area (Å²) < 4.78 is 26.4. The lowest BCUT2D eigenvalue weighted by molar-refractivity contribution is 0.0963. The Bertz CT molecular complexity index is 562. The predicted octanol–water partition coefficient (Wildman–Crippen LogP) is 1.22. The molecule has 2 rings (SSSR count). The Labute approximate surface area is 113 Å². The van der Waals surface area contributed by atoms with E-state index in [1.807, 2.05) is 6.92 Å². The minimum Gasteiger partial charge on any atom is -0.355 e. The van der Waals surface area contributed by atoms with E-state index < -0.39 is 10.0 Å². The molecule has 0 aromatic heterocycles. The second-order valence-corrected chi connectivity index (χ2v) is 6.43. The Balaban J connectivity index is 2.28. The van der Waals surface area contributed by atoms with E-state index in [4.69, 9.17) is 0 Å². The second-order valence-electron chi connectivity index (χ2n) is 4.54. The van der Waals surface area contributed by atoms with E-state index in [-0.39, 0.29) is 16.8 Å². The maximum atomic E-state index is 12.4. The summed E-state index contributed by atoms with van der Waals surface area (Å²) in [6, 6.07) is 6.20. The van der Waals surface area contributed by atoms with Gasteiger partial charge in [0, 0.05) is 25.2 Å². The lowest BCUT2D eigenvalue weighted by Crippen LogP contribution is -2.32. The zero-order valence-electron chi connectivity index (χ0n) is 11.1. The molecule has 1 fully saturated rings. The third-order valence-electron chi connectivity index (χ3n) is 3.22. The summed E-state index contributed by atoms with van der Waals surface area (Å²) in [6.45, 7) is 2.32. The van der Waals surface area contributed by atoms with Gasteiger partial charge in [0.25, 0.3) is 5.91 Å². The number of nitrogens with zero attached hydrogens (tertiary/aromatic N) is 1.